The zero-order valence-electron chi connectivity index (χ0n) is 22.3. The van der Waals surface area contributed by atoms with Crippen LogP contribution in [0.25, 0.3) is 0 Å². The number of anilines is 1. The van der Waals surface area contributed by atoms with Gasteiger partial charge in [-0.05, 0) is 54.3 Å². The third-order valence-corrected chi connectivity index (χ3v) is 7.95. The van der Waals surface area contributed by atoms with Crippen molar-refractivity contribution in [2.75, 3.05) is 44.4 Å². The lowest BCUT2D eigenvalue weighted by Gasteiger charge is -2.39. The van der Waals surface area contributed by atoms with Gasteiger partial charge in [-0.3, -0.25) is 14.8 Å². The molecule has 5 heterocycles. The number of pyridine rings is 2. The van der Waals surface area contributed by atoms with E-state index in [9.17, 15) is 9.90 Å². The SMILES string of the molecule is N#Cc1ccc(COc2cccc(N3CCN(CN4Cc5ccc(C(=O)O)cc5[C@@H]4CC4CCO4)CC3)n2)nc1. The molecule has 0 aliphatic carbocycles. The van der Waals surface area contributed by atoms with Gasteiger partial charge in [0.2, 0.25) is 5.88 Å². The van der Waals surface area contributed by atoms with Gasteiger partial charge in [0.05, 0.1) is 29.6 Å². The molecule has 3 aliphatic heterocycles. The van der Waals surface area contributed by atoms with E-state index in [1.54, 1.807) is 24.4 Å². The van der Waals surface area contributed by atoms with Crippen LogP contribution >= 0.6 is 0 Å². The number of hydrogen-bond donors (Lipinski definition) is 1. The molecular formula is C30H32N6O4. The number of fused-ring (bicyclic) bond motifs is 1. The van der Waals surface area contributed by atoms with Crippen LogP contribution in [0.2, 0.25) is 0 Å². The fourth-order valence-electron chi connectivity index (χ4n) is 5.61. The van der Waals surface area contributed by atoms with Crippen LogP contribution in [0.15, 0.2) is 54.7 Å². The van der Waals surface area contributed by atoms with Crippen LogP contribution in [-0.2, 0) is 17.9 Å². The molecule has 2 atom stereocenters. The number of rotatable bonds is 9. The molecular weight excluding hydrogens is 508 g/mol. The van der Waals surface area contributed by atoms with Crippen LogP contribution in [0.5, 0.6) is 5.88 Å². The largest absolute Gasteiger partial charge is 0.478 e. The quantitative estimate of drug-likeness (QED) is 0.433. The molecule has 0 amide bonds. The summed E-state index contributed by atoms with van der Waals surface area (Å²) in [7, 11) is 0. The van der Waals surface area contributed by atoms with Gasteiger partial charge in [-0.25, -0.2) is 4.79 Å². The number of piperazine rings is 1. The molecule has 0 saturated carbocycles. The van der Waals surface area contributed by atoms with E-state index in [1.807, 2.05) is 30.3 Å². The van der Waals surface area contributed by atoms with Crippen molar-refractivity contribution >= 4 is 11.8 Å². The van der Waals surface area contributed by atoms with E-state index in [-0.39, 0.29) is 18.8 Å². The second kappa shape index (κ2) is 11.6. The summed E-state index contributed by atoms with van der Waals surface area (Å²) < 4.78 is 11.6. The Morgan fingerprint density at radius 1 is 1.15 bits per heavy atom. The Hall–Kier alpha value is -4.04. The van der Waals surface area contributed by atoms with E-state index in [0.29, 0.717) is 17.0 Å². The lowest BCUT2D eigenvalue weighted by atomic mass is 9.95. The Balaban J connectivity index is 1.05. The Labute approximate surface area is 233 Å². The van der Waals surface area contributed by atoms with Crippen molar-refractivity contribution in [3.05, 3.63) is 82.7 Å². The van der Waals surface area contributed by atoms with Crippen molar-refractivity contribution in [2.45, 2.75) is 38.1 Å². The van der Waals surface area contributed by atoms with E-state index in [0.717, 1.165) is 75.9 Å². The van der Waals surface area contributed by atoms with Gasteiger partial charge in [-0.1, -0.05) is 12.1 Å². The number of nitrogens with zero attached hydrogens (tertiary/aromatic N) is 6. The third kappa shape index (κ3) is 5.77. The molecule has 0 bridgehead atoms. The third-order valence-electron chi connectivity index (χ3n) is 7.95. The lowest BCUT2D eigenvalue weighted by molar-refractivity contribution is -0.0700. The Morgan fingerprint density at radius 2 is 2.00 bits per heavy atom. The highest BCUT2D eigenvalue weighted by Gasteiger charge is 2.36. The zero-order chi connectivity index (χ0) is 27.5. The molecule has 2 saturated heterocycles. The minimum Gasteiger partial charge on any atom is -0.478 e. The summed E-state index contributed by atoms with van der Waals surface area (Å²) in [6.07, 6.45) is 3.75. The monoisotopic (exact) mass is 540 g/mol. The van der Waals surface area contributed by atoms with E-state index in [4.69, 9.17) is 19.7 Å². The highest BCUT2D eigenvalue weighted by atomic mass is 16.5. The van der Waals surface area contributed by atoms with Crippen LogP contribution in [-0.4, -0.2) is 76.4 Å². The summed E-state index contributed by atoms with van der Waals surface area (Å²) in [5.41, 5.74) is 3.95. The van der Waals surface area contributed by atoms with Crippen molar-refractivity contribution in [1.29, 1.82) is 5.26 Å². The smallest absolute Gasteiger partial charge is 0.335 e. The number of benzene rings is 1. The number of ether oxygens (including phenoxy) is 2. The van der Waals surface area contributed by atoms with Gasteiger partial charge >= 0.3 is 5.97 Å². The average molecular weight is 541 g/mol. The molecule has 0 spiro atoms. The number of carboxylic acids is 1. The van der Waals surface area contributed by atoms with Gasteiger partial charge in [-0.15, -0.1) is 0 Å². The first-order valence-electron chi connectivity index (χ1n) is 13.7. The second-order valence-corrected chi connectivity index (χ2v) is 10.5. The molecule has 1 N–H and O–H groups in total. The summed E-state index contributed by atoms with van der Waals surface area (Å²) in [5.74, 6) is 0.549. The molecule has 206 valence electrons. The van der Waals surface area contributed by atoms with Crippen molar-refractivity contribution in [3.8, 4) is 11.9 Å². The summed E-state index contributed by atoms with van der Waals surface area (Å²) in [6.45, 7) is 6.27. The number of hydrogen-bond acceptors (Lipinski definition) is 9. The number of carboxylic acid groups (broad SMARTS) is 1. The van der Waals surface area contributed by atoms with E-state index in [2.05, 4.69) is 25.8 Å². The van der Waals surface area contributed by atoms with Crippen molar-refractivity contribution in [3.63, 3.8) is 0 Å². The van der Waals surface area contributed by atoms with Crippen LogP contribution in [0.4, 0.5) is 5.82 Å². The molecule has 0 radical (unpaired) electrons. The maximum Gasteiger partial charge on any atom is 0.335 e. The van der Waals surface area contributed by atoms with Gasteiger partial charge in [-0.2, -0.15) is 10.2 Å². The first-order valence-corrected chi connectivity index (χ1v) is 13.7. The molecule has 40 heavy (non-hydrogen) atoms. The van der Waals surface area contributed by atoms with Crippen LogP contribution < -0.4 is 9.64 Å². The highest BCUT2D eigenvalue weighted by Crippen LogP contribution is 2.39. The molecule has 1 aromatic carbocycles. The van der Waals surface area contributed by atoms with Crippen molar-refractivity contribution < 1.29 is 19.4 Å². The maximum absolute atomic E-state index is 11.6. The Bertz CT molecular complexity index is 1400. The number of aromatic carboxylic acids is 1. The van der Waals surface area contributed by atoms with Gasteiger partial charge in [0.1, 0.15) is 18.5 Å². The Kier molecular flexibility index (Phi) is 7.60. The highest BCUT2D eigenvalue weighted by molar-refractivity contribution is 5.88. The van der Waals surface area contributed by atoms with E-state index >= 15 is 0 Å². The molecule has 2 aromatic heterocycles. The van der Waals surface area contributed by atoms with Gasteiger partial charge in [0.15, 0.2) is 0 Å². The minimum atomic E-state index is -0.884. The molecule has 6 rings (SSSR count). The van der Waals surface area contributed by atoms with Crippen LogP contribution in [0.3, 0.4) is 0 Å². The number of carbonyl (C=O) groups is 1. The standard InChI is InChI=1S/C30H32N6O4/c31-16-21-4-7-24(32-17-21)19-40-29-3-1-2-28(33-29)35-11-9-34(10-12-35)20-36-18-23-6-5-22(30(37)38)14-26(23)27(36)15-25-8-13-39-25/h1-7,14,17,25,27H,8-13,15,18-20H2,(H,37,38)/t25?,27-/m0/s1. The summed E-state index contributed by atoms with van der Waals surface area (Å²) >= 11 is 0. The van der Waals surface area contributed by atoms with Gasteiger partial charge in [0, 0.05) is 57.6 Å². The fraction of sp³-hybridized carbons (Fsp3) is 0.400. The molecule has 2 fully saturated rings. The summed E-state index contributed by atoms with van der Waals surface area (Å²) in [6, 6.07) is 17.1. The number of aromatic nitrogens is 2. The van der Waals surface area contributed by atoms with Crippen molar-refractivity contribution in [1.82, 2.24) is 19.8 Å². The summed E-state index contributed by atoms with van der Waals surface area (Å²) in [5, 5.41) is 18.5. The lowest BCUT2D eigenvalue weighted by Crippen LogP contribution is -2.50. The average Bonchev–Trinajstić information content (AvgIpc) is 3.30. The molecule has 10 heteroatoms. The zero-order valence-corrected chi connectivity index (χ0v) is 22.3. The Morgan fingerprint density at radius 3 is 2.70 bits per heavy atom. The predicted molar refractivity (Wildman–Crippen MR) is 147 cm³/mol. The van der Waals surface area contributed by atoms with Gasteiger partial charge < -0.3 is 19.5 Å². The normalized spacial score (nSPS) is 20.9. The first kappa shape index (κ1) is 26.2. The summed E-state index contributed by atoms with van der Waals surface area (Å²) in [4.78, 5) is 27.8. The topological polar surface area (TPSA) is 115 Å². The molecule has 3 aliphatic rings. The minimum absolute atomic E-state index is 0.165. The van der Waals surface area contributed by atoms with Gasteiger partial charge in [0.25, 0.3) is 0 Å². The maximum atomic E-state index is 11.6. The molecule has 1 unspecified atom stereocenters. The van der Waals surface area contributed by atoms with Crippen LogP contribution in [0, 0.1) is 11.3 Å². The van der Waals surface area contributed by atoms with Crippen LogP contribution in [0.1, 0.15) is 51.6 Å². The molecule has 10 nitrogen and oxygen atoms in total. The van der Waals surface area contributed by atoms with E-state index < -0.39 is 5.97 Å². The fourth-order valence-corrected chi connectivity index (χ4v) is 5.61. The van der Waals surface area contributed by atoms with E-state index in [1.165, 1.54) is 5.56 Å². The predicted octanol–water partition coefficient (Wildman–Crippen LogP) is 3.44. The molecule has 3 aromatic rings. The number of nitriles is 1. The first-order chi connectivity index (χ1) is 19.6. The van der Waals surface area contributed by atoms with Crippen molar-refractivity contribution in [2.24, 2.45) is 0 Å². The second-order valence-electron chi connectivity index (χ2n) is 10.5.